The molecule has 0 saturated carbocycles. The molecule has 6 heteroatoms. The average Bonchev–Trinajstić information content (AvgIpc) is 2.21. The molecule has 0 amide bonds. The quantitative estimate of drug-likeness (QED) is 0.804. The van der Waals surface area contributed by atoms with Gasteiger partial charge in [-0.15, -0.1) is 12.4 Å². The number of carbonyl (C=O) groups excluding carboxylic acids is 1. The molecule has 0 unspecified atom stereocenters. The molecule has 0 radical (unpaired) electrons. The summed E-state index contributed by atoms with van der Waals surface area (Å²) in [5.74, 6) is -0.276. The van der Waals surface area contributed by atoms with Crippen molar-refractivity contribution in [1.82, 2.24) is 0 Å². The molecule has 1 aromatic carbocycles. The lowest BCUT2D eigenvalue weighted by Gasteiger charge is -2.13. The normalized spacial score (nSPS) is 11.5. The molecule has 1 rings (SSSR count). The lowest BCUT2D eigenvalue weighted by atomic mass is 10.1. The van der Waals surface area contributed by atoms with Crippen LogP contribution in [0.4, 0.5) is 0 Å². The Hall–Kier alpha value is -0.100. The fraction of sp³-hybridized carbons (Fsp3) is 0.364. The molecule has 96 valence electrons. The molecular weight excluding hydrogens is 373 g/mol. The Bertz CT molecular complexity index is 388. The van der Waals surface area contributed by atoms with Crippen molar-refractivity contribution in [2.24, 2.45) is 5.73 Å². The minimum Gasteiger partial charge on any atom is -0.466 e. The lowest BCUT2D eigenvalue weighted by molar-refractivity contribution is -0.143. The highest BCUT2D eigenvalue weighted by Gasteiger charge is 2.15. The first-order chi connectivity index (χ1) is 7.54. The fourth-order valence-electron chi connectivity index (χ4n) is 1.31. The van der Waals surface area contributed by atoms with Gasteiger partial charge >= 0.3 is 5.97 Å². The number of nitrogens with two attached hydrogens (primary N) is 1. The summed E-state index contributed by atoms with van der Waals surface area (Å²) >= 11 is 6.78. The van der Waals surface area contributed by atoms with E-state index in [-0.39, 0.29) is 30.8 Å². The molecule has 2 N–H and O–H groups in total. The van der Waals surface area contributed by atoms with Gasteiger partial charge in [-0.05, 0) is 30.7 Å². The largest absolute Gasteiger partial charge is 0.466 e. The molecule has 0 aromatic heterocycles. The zero-order chi connectivity index (χ0) is 12.1. The van der Waals surface area contributed by atoms with Crippen LogP contribution in [0.1, 0.15) is 24.9 Å². The van der Waals surface area contributed by atoms with Crippen LogP contribution in [0.2, 0.25) is 0 Å². The van der Waals surface area contributed by atoms with E-state index in [9.17, 15) is 4.79 Å². The van der Waals surface area contributed by atoms with Gasteiger partial charge < -0.3 is 10.5 Å². The van der Waals surface area contributed by atoms with Crippen LogP contribution in [0.5, 0.6) is 0 Å². The number of hydrogen-bond acceptors (Lipinski definition) is 3. The second-order valence-corrected chi connectivity index (χ2v) is 5.05. The van der Waals surface area contributed by atoms with Crippen molar-refractivity contribution >= 4 is 50.2 Å². The van der Waals surface area contributed by atoms with Crippen molar-refractivity contribution in [2.45, 2.75) is 19.4 Å². The molecule has 0 heterocycles. The summed E-state index contributed by atoms with van der Waals surface area (Å²) in [5.41, 5.74) is 6.84. The molecule has 1 atom stereocenters. The molecule has 0 aliphatic carbocycles. The Labute approximate surface area is 124 Å². The van der Waals surface area contributed by atoms with E-state index in [1.54, 1.807) is 6.92 Å². The van der Waals surface area contributed by atoms with Crippen molar-refractivity contribution < 1.29 is 9.53 Å². The van der Waals surface area contributed by atoms with Crippen LogP contribution in [0, 0.1) is 0 Å². The maximum Gasteiger partial charge on any atom is 0.307 e. The first-order valence-electron chi connectivity index (χ1n) is 4.90. The maximum atomic E-state index is 11.3. The summed E-state index contributed by atoms with van der Waals surface area (Å²) in [7, 11) is 0. The van der Waals surface area contributed by atoms with Crippen molar-refractivity contribution in [3.05, 3.63) is 32.7 Å². The molecule has 0 aliphatic heterocycles. The van der Waals surface area contributed by atoms with Crippen LogP contribution in [-0.4, -0.2) is 12.6 Å². The number of halogens is 3. The molecule has 0 spiro atoms. The van der Waals surface area contributed by atoms with Gasteiger partial charge in [0.15, 0.2) is 0 Å². The highest BCUT2D eigenvalue weighted by atomic mass is 79.9. The summed E-state index contributed by atoms with van der Waals surface area (Å²) in [4.78, 5) is 11.3. The van der Waals surface area contributed by atoms with E-state index >= 15 is 0 Å². The summed E-state index contributed by atoms with van der Waals surface area (Å²) in [5, 5.41) is 0. The fourth-order valence-corrected chi connectivity index (χ4v) is 2.23. The number of ether oxygens (including phenoxy) is 1. The van der Waals surface area contributed by atoms with Gasteiger partial charge in [-0.25, -0.2) is 0 Å². The molecule has 0 bridgehead atoms. The lowest BCUT2D eigenvalue weighted by Crippen LogP contribution is -2.17. The Kier molecular flexibility index (Phi) is 8.03. The van der Waals surface area contributed by atoms with Crippen LogP contribution >= 0.6 is 44.3 Å². The van der Waals surface area contributed by atoms with E-state index < -0.39 is 0 Å². The third-order valence-corrected chi connectivity index (χ3v) is 3.26. The number of rotatable bonds is 4. The van der Waals surface area contributed by atoms with Gasteiger partial charge in [0, 0.05) is 15.0 Å². The molecule has 0 fully saturated rings. The third kappa shape index (κ3) is 5.38. The van der Waals surface area contributed by atoms with Gasteiger partial charge in [-0.2, -0.15) is 0 Å². The van der Waals surface area contributed by atoms with E-state index in [0.717, 1.165) is 14.5 Å². The van der Waals surface area contributed by atoms with Crippen molar-refractivity contribution in [3.8, 4) is 0 Å². The Morgan fingerprint density at radius 1 is 1.47 bits per heavy atom. The SMILES string of the molecule is CCOC(=O)C[C@H](N)c1cc(Br)ccc1Br.Cl. The Morgan fingerprint density at radius 2 is 2.12 bits per heavy atom. The van der Waals surface area contributed by atoms with E-state index in [2.05, 4.69) is 31.9 Å². The van der Waals surface area contributed by atoms with Crippen molar-refractivity contribution in [2.75, 3.05) is 6.61 Å². The second-order valence-electron chi connectivity index (χ2n) is 3.28. The Morgan fingerprint density at radius 3 is 2.71 bits per heavy atom. The number of esters is 1. The summed E-state index contributed by atoms with van der Waals surface area (Å²) in [6, 6.07) is 5.34. The molecule has 0 aliphatic rings. The van der Waals surface area contributed by atoms with E-state index in [0.29, 0.717) is 6.61 Å². The molecule has 0 saturated heterocycles. The van der Waals surface area contributed by atoms with E-state index in [4.69, 9.17) is 10.5 Å². The topological polar surface area (TPSA) is 52.3 Å². The zero-order valence-electron chi connectivity index (χ0n) is 9.28. The second kappa shape index (κ2) is 8.08. The molecule has 1 aromatic rings. The monoisotopic (exact) mass is 385 g/mol. The highest BCUT2D eigenvalue weighted by molar-refractivity contribution is 9.11. The van der Waals surface area contributed by atoms with Gasteiger partial charge in [0.25, 0.3) is 0 Å². The van der Waals surface area contributed by atoms with Gasteiger partial charge in [-0.1, -0.05) is 31.9 Å². The van der Waals surface area contributed by atoms with Crippen LogP contribution < -0.4 is 5.73 Å². The highest BCUT2D eigenvalue weighted by Crippen LogP contribution is 2.27. The summed E-state index contributed by atoms with van der Waals surface area (Å²) in [6.45, 7) is 2.16. The van der Waals surface area contributed by atoms with E-state index in [1.165, 1.54) is 0 Å². The number of hydrogen-bond donors (Lipinski definition) is 1. The molecule has 3 nitrogen and oxygen atoms in total. The predicted octanol–water partition coefficient (Wildman–Crippen LogP) is 3.59. The van der Waals surface area contributed by atoms with Gasteiger partial charge in [0.1, 0.15) is 0 Å². The summed E-state index contributed by atoms with van der Waals surface area (Å²) < 4.78 is 6.69. The van der Waals surface area contributed by atoms with Gasteiger partial charge in [0.05, 0.1) is 13.0 Å². The van der Waals surface area contributed by atoms with Crippen LogP contribution in [0.3, 0.4) is 0 Å². The smallest absolute Gasteiger partial charge is 0.307 e. The number of benzene rings is 1. The van der Waals surface area contributed by atoms with Crippen LogP contribution in [0.25, 0.3) is 0 Å². The van der Waals surface area contributed by atoms with E-state index in [1.807, 2.05) is 18.2 Å². The molecular formula is C11H14Br2ClNO2. The average molecular weight is 387 g/mol. The van der Waals surface area contributed by atoms with Crippen LogP contribution in [-0.2, 0) is 9.53 Å². The maximum absolute atomic E-state index is 11.3. The van der Waals surface area contributed by atoms with Gasteiger partial charge in [-0.3, -0.25) is 4.79 Å². The van der Waals surface area contributed by atoms with Gasteiger partial charge in [0.2, 0.25) is 0 Å². The zero-order valence-corrected chi connectivity index (χ0v) is 13.3. The minimum atomic E-state index is -0.356. The predicted molar refractivity (Wildman–Crippen MR) is 77.3 cm³/mol. The molecule has 17 heavy (non-hydrogen) atoms. The van der Waals surface area contributed by atoms with Crippen LogP contribution in [0.15, 0.2) is 27.1 Å². The van der Waals surface area contributed by atoms with Crippen molar-refractivity contribution in [1.29, 1.82) is 0 Å². The minimum absolute atomic E-state index is 0. The van der Waals surface area contributed by atoms with Crippen molar-refractivity contribution in [3.63, 3.8) is 0 Å². The first-order valence-corrected chi connectivity index (χ1v) is 6.49. The number of carbonyl (C=O) groups is 1. The first kappa shape index (κ1) is 16.9. The third-order valence-electron chi connectivity index (χ3n) is 2.05. The summed E-state index contributed by atoms with van der Waals surface area (Å²) in [6.07, 6.45) is 0.183. The Balaban J connectivity index is 0.00000256. The standard InChI is InChI=1S/C11H13Br2NO2.ClH/c1-2-16-11(15)6-10(14)8-5-7(12)3-4-9(8)13;/h3-5,10H,2,6,14H2,1H3;1H/t10-;/m0./s1.